The Morgan fingerprint density at radius 2 is 2.05 bits per heavy atom. The van der Waals surface area contributed by atoms with E-state index in [2.05, 4.69) is 5.32 Å². The van der Waals surface area contributed by atoms with Crippen LogP contribution in [0.3, 0.4) is 0 Å². The number of halogens is 1. The number of carbonyl (C=O) groups is 2. The lowest BCUT2D eigenvalue weighted by atomic mass is 10.1. The number of carbonyl (C=O) groups excluding carboxylic acids is 2. The second-order valence-electron chi connectivity index (χ2n) is 5.26. The molecule has 0 unspecified atom stereocenters. The van der Waals surface area contributed by atoms with E-state index < -0.39 is 5.60 Å². The number of nitrogens with zero attached hydrogens (tertiary/aromatic N) is 1. The van der Waals surface area contributed by atoms with Gasteiger partial charge in [0.2, 0.25) is 5.91 Å². The number of hydrogen-bond acceptors (Lipinski definition) is 3. The number of benzene rings is 1. The predicted octanol–water partition coefficient (Wildman–Crippen LogP) is 1.30. The van der Waals surface area contributed by atoms with E-state index >= 15 is 0 Å². The number of aliphatic hydroxyl groups is 1. The molecule has 110 valence electrons. The normalized spacial score (nSPS) is 11.1. The van der Waals surface area contributed by atoms with Gasteiger partial charge in [-0.15, -0.1) is 0 Å². The van der Waals surface area contributed by atoms with Gasteiger partial charge >= 0.3 is 0 Å². The Kier molecular flexibility index (Phi) is 5.53. The van der Waals surface area contributed by atoms with Crippen LogP contribution in [0.25, 0.3) is 0 Å². The Bertz CT molecular complexity index is 497. The third-order valence-corrected chi connectivity index (χ3v) is 2.77. The molecule has 0 heterocycles. The summed E-state index contributed by atoms with van der Waals surface area (Å²) in [6.45, 7) is 3.29. The largest absolute Gasteiger partial charge is 0.389 e. The van der Waals surface area contributed by atoms with E-state index in [9.17, 15) is 14.7 Å². The third-order valence-electron chi connectivity index (χ3n) is 2.54. The summed E-state index contributed by atoms with van der Waals surface area (Å²) in [6, 6.07) is 6.48. The quantitative estimate of drug-likeness (QED) is 0.861. The fourth-order valence-corrected chi connectivity index (χ4v) is 1.88. The van der Waals surface area contributed by atoms with Gasteiger partial charge in [-0.1, -0.05) is 17.7 Å². The minimum absolute atomic E-state index is 0.127. The van der Waals surface area contributed by atoms with Crippen LogP contribution in [0.1, 0.15) is 24.2 Å². The van der Waals surface area contributed by atoms with Crippen molar-refractivity contribution in [2.24, 2.45) is 0 Å². The van der Waals surface area contributed by atoms with Crippen LogP contribution in [-0.2, 0) is 4.79 Å². The predicted molar refractivity (Wildman–Crippen MR) is 77.7 cm³/mol. The molecule has 0 atom stereocenters. The highest BCUT2D eigenvalue weighted by Crippen LogP contribution is 2.10. The zero-order valence-corrected chi connectivity index (χ0v) is 12.6. The maximum atomic E-state index is 11.8. The van der Waals surface area contributed by atoms with E-state index in [1.807, 2.05) is 0 Å². The van der Waals surface area contributed by atoms with Gasteiger partial charge in [-0.2, -0.15) is 0 Å². The van der Waals surface area contributed by atoms with Crippen LogP contribution in [0.2, 0.25) is 5.02 Å². The van der Waals surface area contributed by atoms with Crippen molar-refractivity contribution >= 4 is 23.4 Å². The average molecular weight is 299 g/mol. The number of nitrogens with one attached hydrogen (secondary N) is 1. The van der Waals surface area contributed by atoms with Crippen molar-refractivity contribution in [2.45, 2.75) is 19.4 Å². The highest BCUT2D eigenvalue weighted by Gasteiger charge is 2.19. The molecular formula is C14H19ClN2O3. The average Bonchev–Trinajstić information content (AvgIpc) is 2.33. The summed E-state index contributed by atoms with van der Waals surface area (Å²) in [7, 11) is 1.58. The topological polar surface area (TPSA) is 69.6 Å². The van der Waals surface area contributed by atoms with Crippen molar-refractivity contribution in [1.29, 1.82) is 0 Å². The van der Waals surface area contributed by atoms with Gasteiger partial charge in [-0.25, -0.2) is 0 Å². The molecule has 6 heteroatoms. The van der Waals surface area contributed by atoms with Gasteiger partial charge in [0, 0.05) is 24.2 Å². The molecule has 0 saturated carbocycles. The van der Waals surface area contributed by atoms with Crippen LogP contribution in [0.4, 0.5) is 0 Å². The van der Waals surface area contributed by atoms with Crippen LogP contribution in [0, 0.1) is 0 Å². The lowest BCUT2D eigenvalue weighted by Crippen LogP contribution is -2.44. The Balaban J connectivity index is 2.51. The van der Waals surface area contributed by atoms with Crippen molar-refractivity contribution in [1.82, 2.24) is 10.2 Å². The lowest BCUT2D eigenvalue weighted by molar-refractivity contribution is -0.131. The third kappa shape index (κ3) is 5.59. The monoisotopic (exact) mass is 298 g/mol. The van der Waals surface area contributed by atoms with E-state index in [4.69, 9.17) is 11.6 Å². The minimum Gasteiger partial charge on any atom is -0.389 e. The summed E-state index contributed by atoms with van der Waals surface area (Å²) < 4.78 is 0. The summed E-state index contributed by atoms with van der Waals surface area (Å²) in [6.07, 6.45) is 0. The van der Waals surface area contributed by atoms with Crippen LogP contribution in [-0.4, -0.2) is 47.6 Å². The molecular weight excluding hydrogens is 280 g/mol. The Morgan fingerprint density at radius 3 is 2.60 bits per heavy atom. The molecule has 2 N–H and O–H groups in total. The second kappa shape index (κ2) is 6.72. The van der Waals surface area contributed by atoms with Crippen molar-refractivity contribution in [2.75, 3.05) is 20.1 Å². The molecule has 2 amide bonds. The van der Waals surface area contributed by atoms with E-state index in [1.54, 1.807) is 39.1 Å². The molecule has 0 saturated heterocycles. The summed E-state index contributed by atoms with van der Waals surface area (Å²) in [5.74, 6) is -0.639. The summed E-state index contributed by atoms with van der Waals surface area (Å²) in [5.41, 5.74) is -0.572. The molecule has 1 aromatic carbocycles. The summed E-state index contributed by atoms with van der Waals surface area (Å²) in [4.78, 5) is 25.0. The second-order valence-corrected chi connectivity index (χ2v) is 5.69. The first-order valence-electron chi connectivity index (χ1n) is 6.19. The molecule has 0 fully saturated rings. The van der Waals surface area contributed by atoms with Crippen LogP contribution >= 0.6 is 11.6 Å². The number of hydrogen-bond donors (Lipinski definition) is 2. The standard InChI is InChI=1S/C14H19ClN2O3/c1-14(2,20)9-17(3)12(18)8-16-13(19)10-5-4-6-11(15)7-10/h4-7,20H,8-9H2,1-3H3,(H,16,19). The van der Waals surface area contributed by atoms with Gasteiger partial charge in [-0.3, -0.25) is 9.59 Å². The number of likely N-dealkylation sites (N-methyl/N-ethyl adjacent to an activating group) is 1. The van der Waals surface area contributed by atoms with E-state index in [-0.39, 0.29) is 24.9 Å². The van der Waals surface area contributed by atoms with Crippen LogP contribution in [0.5, 0.6) is 0 Å². The fourth-order valence-electron chi connectivity index (χ4n) is 1.69. The van der Waals surface area contributed by atoms with Crippen molar-refractivity contribution in [3.05, 3.63) is 34.9 Å². The van der Waals surface area contributed by atoms with Gasteiger partial charge in [-0.05, 0) is 32.0 Å². The molecule has 0 aromatic heterocycles. The lowest BCUT2D eigenvalue weighted by Gasteiger charge is -2.25. The van der Waals surface area contributed by atoms with Gasteiger partial charge in [0.05, 0.1) is 12.1 Å². The van der Waals surface area contributed by atoms with Gasteiger partial charge in [0.25, 0.3) is 5.91 Å². The van der Waals surface area contributed by atoms with E-state index in [0.29, 0.717) is 10.6 Å². The van der Waals surface area contributed by atoms with Gasteiger partial charge in [0.15, 0.2) is 0 Å². The van der Waals surface area contributed by atoms with Gasteiger partial charge in [0.1, 0.15) is 0 Å². The van der Waals surface area contributed by atoms with E-state index in [0.717, 1.165) is 0 Å². The molecule has 1 aromatic rings. The SMILES string of the molecule is CN(CC(C)(C)O)C(=O)CNC(=O)c1cccc(Cl)c1. The highest BCUT2D eigenvalue weighted by atomic mass is 35.5. The number of rotatable bonds is 5. The molecule has 0 radical (unpaired) electrons. The van der Waals surface area contributed by atoms with Crippen molar-refractivity contribution in [3.63, 3.8) is 0 Å². The van der Waals surface area contributed by atoms with Crippen molar-refractivity contribution < 1.29 is 14.7 Å². The molecule has 5 nitrogen and oxygen atoms in total. The fraction of sp³-hybridized carbons (Fsp3) is 0.429. The zero-order chi connectivity index (χ0) is 15.3. The smallest absolute Gasteiger partial charge is 0.251 e. The Morgan fingerprint density at radius 1 is 1.40 bits per heavy atom. The first-order valence-corrected chi connectivity index (χ1v) is 6.57. The first-order chi connectivity index (χ1) is 9.19. The van der Waals surface area contributed by atoms with Crippen LogP contribution in [0.15, 0.2) is 24.3 Å². The van der Waals surface area contributed by atoms with Gasteiger partial charge < -0.3 is 15.3 Å². The van der Waals surface area contributed by atoms with E-state index in [1.165, 1.54) is 11.0 Å². The molecule has 0 aliphatic carbocycles. The minimum atomic E-state index is -0.971. The zero-order valence-electron chi connectivity index (χ0n) is 11.8. The molecule has 0 spiro atoms. The molecule has 1 rings (SSSR count). The van der Waals surface area contributed by atoms with Crippen molar-refractivity contribution in [3.8, 4) is 0 Å². The maximum Gasteiger partial charge on any atom is 0.251 e. The first kappa shape index (κ1) is 16.5. The Labute approximate surface area is 123 Å². The van der Waals surface area contributed by atoms with Crippen LogP contribution < -0.4 is 5.32 Å². The summed E-state index contributed by atoms with van der Waals surface area (Å²) >= 11 is 5.79. The maximum absolute atomic E-state index is 11.8. The molecule has 20 heavy (non-hydrogen) atoms. The molecule has 0 aliphatic rings. The highest BCUT2D eigenvalue weighted by molar-refractivity contribution is 6.30. The Hall–Kier alpha value is -1.59. The molecule has 0 aliphatic heterocycles. The number of amides is 2. The summed E-state index contributed by atoms with van der Waals surface area (Å²) in [5, 5.41) is 12.6. The molecule has 0 bridgehead atoms.